The predicted octanol–water partition coefficient (Wildman–Crippen LogP) is 7.20. The summed E-state index contributed by atoms with van der Waals surface area (Å²) >= 11 is 0. The standard InChI is InChI=1S/C53H59N7O5Si/c1-37-49(66(3,4)43-23-21-42(64-2)22-24-43)48(26-31-57-34-46(55-56-57)44(35-61)39-16-10-6-11-17-39)65-53(37)45-32-41(20-25-47(45)58(51(53)63)33-38-14-8-5-9-15-38)59-36-60(40-18-12-7-13-19-40)52(50(59)62)27-29-54-30-28-52/h5-25,32,34,37,44,48-49,54,61H,26-31,33,35-36H2,1-4H3/t37-,44?,48+,49-,53+/m0/s1. The number of carbonyl (C=O) groups is 2. The monoisotopic (exact) mass is 901 g/mol. The summed E-state index contributed by atoms with van der Waals surface area (Å²) in [5.41, 5.74) is 4.06. The molecule has 2 N–H and O–H groups in total. The number of fused-ring (bicyclic) bond motifs is 2. The second kappa shape index (κ2) is 17.6. The molecular formula is C53H59N7O5Si. The molecule has 0 bridgehead atoms. The van der Waals surface area contributed by atoms with Gasteiger partial charge in [0, 0.05) is 35.6 Å². The summed E-state index contributed by atoms with van der Waals surface area (Å²) in [5, 5.41) is 24.3. The van der Waals surface area contributed by atoms with E-state index in [0.717, 1.165) is 52.6 Å². The molecule has 1 aromatic heterocycles. The van der Waals surface area contributed by atoms with Gasteiger partial charge in [0.15, 0.2) is 5.60 Å². The number of aliphatic hydroxyl groups is 1. The largest absolute Gasteiger partial charge is 0.497 e. The van der Waals surface area contributed by atoms with Crippen LogP contribution in [-0.2, 0) is 33.0 Å². The zero-order chi connectivity index (χ0) is 45.6. The van der Waals surface area contributed by atoms with E-state index in [4.69, 9.17) is 9.47 Å². The molecule has 5 atom stereocenters. The normalized spacial score (nSPS) is 23.0. The van der Waals surface area contributed by atoms with Crippen LogP contribution in [0.25, 0.3) is 0 Å². The van der Waals surface area contributed by atoms with E-state index in [1.54, 1.807) is 7.11 Å². The quantitative estimate of drug-likeness (QED) is 0.116. The van der Waals surface area contributed by atoms with Crippen molar-refractivity contribution in [2.45, 2.75) is 81.1 Å². The second-order valence-electron chi connectivity index (χ2n) is 19.0. The highest BCUT2D eigenvalue weighted by Gasteiger charge is 2.66. The first kappa shape index (κ1) is 43.8. The molecule has 2 amide bonds. The van der Waals surface area contributed by atoms with E-state index in [9.17, 15) is 5.11 Å². The van der Waals surface area contributed by atoms with Crippen LogP contribution in [0, 0.1) is 5.92 Å². The summed E-state index contributed by atoms with van der Waals surface area (Å²) in [6.07, 6.45) is 3.56. The number of aliphatic hydroxyl groups excluding tert-OH is 1. The Balaban J connectivity index is 1.06. The van der Waals surface area contributed by atoms with Gasteiger partial charge in [-0.2, -0.15) is 0 Å². The number of aromatic nitrogens is 3. The number of hydrogen-bond donors (Lipinski definition) is 2. The number of para-hydroxylation sites is 1. The molecule has 0 radical (unpaired) electrons. The second-order valence-corrected chi connectivity index (χ2v) is 23.7. The SMILES string of the molecule is COc1ccc([Si](C)(C)[C@@H]2[C@@H](CCn3cc(C(CO)c4ccccc4)nn3)O[C@]3(C(=O)N(Cc4ccccc4)c4ccc(N5CN(c6ccccc6)C6(CCNCC6)C5=O)cc43)[C@H]2C)cc1. The van der Waals surface area contributed by atoms with Gasteiger partial charge >= 0.3 is 0 Å². The Morgan fingerprint density at radius 1 is 0.864 bits per heavy atom. The van der Waals surface area contributed by atoms with Crippen molar-refractivity contribution in [1.29, 1.82) is 0 Å². The van der Waals surface area contributed by atoms with Crippen LogP contribution >= 0.6 is 0 Å². The van der Waals surface area contributed by atoms with Crippen molar-refractivity contribution < 1.29 is 24.2 Å². The number of carbonyl (C=O) groups excluding carboxylic acids is 2. The third-order valence-electron chi connectivity index (χ3n) is 15.2. The number of benzene rings is 5. The first-order valence-corrected chi connectivity index (χ1v) is 26.4. The molecule has 3 fully saturated rings. The Bertz CT molecular complexity index is 2680. The van der Waals surface area contributed by atoms with E-state index in [0.29, 0.717) is 44.7 Å². The highest BCUT2D eigenvalue weighted by atomic mass is 28.3. The fourth-order valence-electron chi connectivity index (χ4n) is 11.7. The van der Waals surface area contributed by atoms with E-state index >= 15 is 9.59 Å². The summed E-state index contributed by atoms with van der Waals surface area (Å²) < 4.78 is 15.0. The van der Waals surface area contributed by atoms with Gasteiger partial charge in [-0.15, -0.1) is 5.10 Å². The van der Waals surface area contributed by atoms with Crippen molar-refractivity contribution in [1.82, 2.24) is 20.3 Å². The molecule has 1 unspecified atom stereocenters. The molecule has 13 heteroatoms. The van der Waals surface area contributed by atoms with Gasteiger partial charge in [-0.1, -0.05) is 121 Å². The fraction of sp³-hybridized carbons (Fsp3) is 0.358. The number of nitrogens with zero attached hydrogens (tertiary/aromatic N) is 6. The molecule has 340 valence electrons. The van der Waals surface area contributed by atoms with Gasteiger partial charge in [0.25, 0.3) is 11.8 Å². The lowest BCUT2D eigenvalue weighted by atomic mass is 9.82. The molecule has 2 spiro atoms. The number of amides is 2. The minimum atomic E-state index is -2.48. The zero-order valence-corrected chi connectivity index (χ0v) is 39.2. The highest BCUT2D eigenvalue weighted by Crippen LogP contribution is 2.61. The van der Waals surface area contributed by atoms with E-state index in [1.807, 2.05) is 112 Å². The molecule has 0 aliphatic carbocycles. The van der Waals surface area contributed by atoms with Gasteiger partial charge in [0.2, 0.25) is 0 Å². The molecule has 6 aromatic rings. The molecule has 5 heterocycles. The van der Waals surface area contributed by atoms with Crippen LogP contribution in [0.2, 0.25) is 18.6 Å². The van der Waals surface area contributed by atoms with Crippen molar-refractivity contribution in [3.63, 3.8) is 0 Å². The summed E-state index contributed by atoms with van der Waals surface area (Å²) in [6, 6.07) is 44.8. The first-order chi connectivity index (χ1) is 32.1. The molecular weight excluding hydrogens is 843 g/mol. The number of anilines is 3. The minimum absolute atomic E-state index is 0.0134. The predicted molar refractivity (Wildman–Crippen MR) is 260 cm³/mol. The van der Waals surface area contributed by atoms with Gasteiger partial charge in [0.05, 0.1) is 58.4 Å². The number of rotatable bonds is 13. The molecule has 0 saturated carbocycles. The zero-order valence-electron chi connectivity index (χ0n) is 38.2. The molecule has 5 aromatic carbocycles. The Labute approximate surface area is 388 Å². The van der Waals surface area contributed by atoms with Crippen molar-refractivity contribution in [3.8, 4) is 5.75 Å². The molecule has 4 aliphatic rings. The van der Waals surface area contributed by atoms with Crippen molar-refractivity contribution >= 4 is 42.1 Å². The lowest BCUT2D eigenvalue weighted by molar-refractivity contribution is -0.146. The van der Waals surface area contributed by atoms with Gasteiger partial charge in [-0.25, -0.2) is 0 Å². The number of nitrogens with one attached hydrogen (secondary N) is 1. The highest BCUT2D eigenvalue weighted by molar-refractivity contribution is 6.91. The average Bonchev–Trinajstić information content (AvgIpc) is 4.08. The van der Waals surface area contributed by atoms with Crippen LogP contribution in [0.4, 0.5) is 17.1 Å². The first-order valence-electron chi connectivity index (χ1n) is 23.3. The summed E-state index contributed by atoms with van der Waals surface area (Å²) in [5.74, 6) is 0.248. The van der Waals surface area contributed by atoms with E-state index < -0.39 is 19.2 Å². The topological polar surface area (TPSA) is 125 Å². The summed E-state index contributed by atoms with van der Waals surface area (Å²) in [4.78, 5) is 36.9. The van der Waals surface area contributed by atoms with Crippen LogP contribution in [0.3, 0.4) is 0 Å². The van der Waals surface area contributed by atoms with Gasteiger partial charge in [0.1, 0.15) is 11.3 Å². The summed E-state index contributed by atoms with van der Waals surface area (Å²) in [7, 11) is -0.797. The van der Waals surface area contributed by atoms with Crippen LogP contribution < -0.4 is 29.9 Å². The molecule has 10 rings (SSSR count). The smallest absolute Gasteiger partial charge is 0.264 e. The molecule has 4 aliphatic heterocycles. The lowest BCUT2D eigenvalue weighted by Gasteiger charge is -2.39. The van der Waals surface area contributed by atoms with Gasteiger partial charge in [-0.05, 0) is 91.5 Å². The number of ether oxygens (including phenoxy) is 2. The average molecular weight is 902 g/mol. The van der Waals surface area contributed by atoms with Crippen LogP contribution in [0.5, 0.6) is 5.75 Å². The number of aryl methyl sites for hydroxylation is 1. The van der Waals surface area contributed by atoms with E-state index in [-0.39, 0.29) is 41.9 Å². The van der Waals surface area contributed by atoms with Crippen molar-refractivity contribution in [2.24, 2.45) is 5.92 Å². The van der Waals surface area contributed by atoms with Crippen LogP contribution in [-0.4, -0.2) is 85.1 Å². The Hall–Kier alpha value is -6.12. The Morgan fingerprint density at radius 3 is 2.23 bits per heavy atom. The van der Waals surface area contributed by atoms with Crippen LogP contribution in [0.15, 0.2) is 140 Å². The maximum Gasteiger partial charge on any atom is 0.264 e. The Kier molecular flexibility index (Phi) is 11.7. The third-order valence-corrected chi connectivity index (χ3v) is 19.6. The fourth-order valence-corrected chi connectivity index (χ4v) is 15.8. The van der Waals surface area contributed by atoms with E-state index in [2.05, 4.69) is 83.0 Å². The molecule has 66 heavy (non-hydrogen) atoms. The minimum Gasteiger partial charge on any atom is -0.497 e. The van der Waals surface area contributed by atoms with Gasteiger partial charge < -0.3 is 29.7 Å². The maximum absolute atomic E-state index is 15.8. The molecule has 12 nitrogen and oxygen atoms in total. The van der Waals surface area contributed by atoms with Crippen LogP contribution in [0.1, 0.15) is 54.5 Å². The van der Waals surface area contributed by atoms with Crippen molar-refractivity contribution in [3.05, 3.63) is 162 Å². The maximum atomic E-state index is 15.8. The Morgan fingerprint density at radius 2 is 1.55 bits per heavy atom. The number of piperidine rings is 1. The lowest BCUT2D eigenvalue weighted by Crippen LogP contribution is -2.55. The summed E-state index contributed by atoms with van der Waals surface area (Å²) in [6.45, 7) is 9.70. The molecule has 3 saturated heterocycles. The number of hydrogen-bond acceptors (Lipinski definition) is 9. The van der Waals surface area contributed by atoms with E-state index in [1.165, 1.54) is 5.19 Å². The number of methoxy groups -OCH3 is 1. The van der Waals surface area contributed by atoms with Gasteiger partial charge in [-0.3, -0.25) is 19.2 Å². The van der Waals surface area contributed by atoms with Crippen molar-refractivity contribution in [2.75, 3.05) is 48.2 Å². The third kappa shape index (κ3) is 7.32.